The van der Waals surface area contributed by atoms with Crippen molar-refractivity contribution in [1.82, 2.24) is 4.90 Å². The zero-order valence-corrected chi connectivity index (χ0v) is 36.1. The van der Waals surface area contributed by atoms with Gasteiger partial charge in [-0.15, -0.1) is 0 Å². The fourth-order valence-electron chi connectivity index (χ4n) is 9.03. The second-order valence-corrected chi connectivity index (χ2v) is 18.7. The first-order valence-electron chi connectivity index (χ1n) is 18.5. The summed E-state index contributed by atoms with van der Waals surface area (Å²) in [6.45, 7) is 5.99. The SMILES string of the molecule is CC1(CCCCN)c2cc(Br)ccc2-c2ccc(Br)cc21.CC1(CCCCN2C(=O)C3=C(CCCC3)C2=O)c2cc(Br)ccc2-c2ccc(Br)cc21. The smallest absolute Gasteiger partial charge is 0.257 e. The molecule has 52 heavy (non-hydrogen) atoms. The number of hydrogen-bond donors (Lipinski definition) is 1. The fraction of sp³-hybridized carbons (Fsp3) is 0.364. The summed E-state index contributed by atoms with van der Waals surface area (Å²) in [4.78, 5) is 26.9. The molecule has 1 heterocycles. The summed E-state index contributed by atoms with van der Waals surface area (Å²) in [6.07, 6.45) is 9.73. The number of carbonyl (C=O) groups is 2. The molecular formula is C44H44Br4N2O2. The van der Waals surface area contributed by atoms with Crippen LogP contribution in [0.15, 0.2) is 102 Å². The molecule has 4 aliphatic rings. The Morgan fingerprint density at radius 1 is 0.558 bits per heavy atom. The van der Waals surface area contributed by atoms with Gasteiger partial charge in [-0.2, -0.15) is 0 Å². The number of rotatable bonds is 9. The predicted octanol–water partition coefficient (Wildman–Crippen LogP) is 12.5. The lowest BCUT2D eigenvalue weighted by atomic mass is 9.76. The van der Waals surface area contributed by atoms with Gasteiger partial charge in [-0.05, 0) is 151 Å². The van der Waals surface area contributed by atoms with E-state index in [2.05, 4.69) is 150 Å². The molecule has 0 spiro atoms. The number of nitrogens with two attached hydrogens (primary N) is 1. The van der Waals surface area contributed by atoms with Gasteiger partial charge in [0.1, 0.15) is 0 Å². The Kier molecular flexibility index (Phi) is 11.2. The van der Waals surface area contributed by atoms with Crippen LogP contribution >= 0.6 is 63.7 Å². The van der Waals surface area contributed by atoms with Crippen molar-refractivity contribution in [2.75, 3.05) is 13.1 Å². The number of halogens is 4. The maximum atomic E-state index is 12.7. The molecule has 270 valence electrons. The molecule has 2 amide bonds. The molecule has 0 fully saturated rings. The van der Waals surface area contributed by atoms with Crippen molar-refractivity contribution in [1.29, 1.82) is 0 Å². The molecule has 3 aliphatic carbocycles. The van der Waals surface area contributed by atoms with E-state index in [9.17, 15) is 9.59 Å². The molecule has 0 unspecified atom stereocenters. The van der Waals surface area contributed by atoms with E-state index in [0.29, 0.717) is 6.54 Å². The van der Waals surface area contributed by atoms with Crippen molar-refractivity contribution in [3.63, 3.8) is 0 Å². The van der Waals surface area contributed by atoms with Crippen molar-refractivity contribution in [3.8, 4) is 22.3 Å². The maximum absolute atomic E-state index is 12.7. The Morgan fingerprint density at radius 3 is 1.25 bits per heavy atom. The van der Waals surface area contributed by atoms with Crippen LogP contribution in [0.5, 0.6) is 0 Å². The third-order valence-electron chi connectivity index (χ3n) is 11.8. The minimum absolute atomic E-state index is 0.0321. The minimum atomic E-state index is -0.0886. The van der Waals surface area contributed by atoms with E-state index >= 15 is 0 Å². The topological polar surface area (TPSA) is 63.4 Å². The molecule has 8 rings (SSSR count). The van der Waals surface area contributed by atoms with Gasteiger partial charge in [0.25, 0.3) is 11.8 Å². The van der Waals surface area contributed by atoms with Crippen LogP contribution in [0.4, 0.5) is 0 Å². The zero-order valence-electron chi connectivity index (χ0n) is 29.8. The lowest BCUT2D eigenvalue weighted by molar-refractivity contribution is -0.137. The van der Waals surface area contributed by atoms with Gasteiger partial charge in [-0.25, -0.2) is 0 Å². The van der Waals surface area contributed by atoms with E-state index in [1.165, 1.54) is 49.4 Å². The Bertz CT molecular complexity index is 1970. The van der Waals surface area contributed by atoms with Crippen molar-refractivity contribution < 1.29 is 9.59 Å². The first-order chi connectivity index (χ1) is 25.0. The second-order valence-electron chi connectivity index (χ2n) is 15.1. The molecule has 1 aliphatic heterocycles. The zero-order chi connectivity index (χ0) is 36.8. The number of amides is 2. The molecule has 0 saturated heterocycles. The van der Waals surface area contributed by atoms with E-state index in [0.717, 1.165) is 99.8 Å². The van der Waals surface area contributed by atoms with Crippen molar-refractivity contribution >= 4 is 75.5 Å². The van der Waals surface area contributed by atoms with E-state index in [1.807, 2.05) is 0 Å². The van der Waals surface area contributed by atoms with Crippen LogP contribution in [-0.4, -0.2) is 29.8 Å². The van der Waals surface area contributed by atoms with Crippen molar-refractivity contribution in [2.24, 2.45) is 5.73 Å². The molecule has 0 bridgehead atoms. The van der Waals surface area contributed by atoms with Gasteiger partial charge in [-0.1, -0.05) is 115 Å². The lowest BCUT2D eigenvalue weighted by Crippen LogP contribution is -2.33. The van der Waals surface area contributed by atoms with E-state index in [-0.39, 0.29) is 22.6 Å². The summed E-state index contributed by atoms with van der Waals surface area (Å²) in [5.41, 5.74) is 18.1. The second kappa shape index (κ2) is 15.4. The quantitative estimate of drug-likeness (QED) is 0.134. The highest BCUT2D eigenvalue weighted by atomic mass is 79.9. The maximum Gasteiger partial charge on any atom is 0.257 e. The van der Waals surface area contributed by atoms with Crippen molar-refractivity contribution in [2.45, 2.75) is 88.9 Å². The van der Waals surface area contributed by atoms with Gasteiger partial charge in [0, 0.05) is 46.4 Å². The fourth-order valence-corrected chi connectivity index (χ4v) is 10.5. The highest BCUT2D eigenvalue weighted by molar-refractivity contribution is 9.11. The standard InChI is InChI=1S/C26H25Br2NO2.C18H19Br2N/c1-26(12-4-5-13-29-24(30)20-6-2-3-7-21(20)25(29)31)22-14-16(27)8-10-18(22)19-11-9-17(28)15-23(19)26;1-18(8-2-3-9-21)16-10-12(19)4-6-14(16)15-7-5-13(20)11-17(15)18/h8-11,14-15H,2-7,12-13H2,1H3;4-7,10-11H,2-3,8-9,21H2,1H3. The van der Waals surface area contributed by atoms with Gasteiger partial charge in [0.05, 0.1) is 0 Å². The molecule has 0 aromatic heterocycles. The van der Waals surface area contributed by atoms with E-state index < -0.39 is 0 Å². The number of benzene rings is 4. The van der Waals surface area contributed by atoms with Crippen LogP contribution in [0.25, 0.3) is 22.3 Å². The number of carbonyl (C=O) groups excluding carboxylic acids is 2. The highest BCUT2D eigenvalue weighted by Gasteiger charge is 2.41. The van der Waals surface area contributed by atoms with Gasteiger partial charge < -0.3 is 5.73 Å². The summed E-state index contributed by atoms with van der Waals surface area (Å²) in [6, 6.07) is 26.4. The molecule has 4 nitrogen and oxygen atoms in total. The third kappa shape index (κ3) is 6.89. The molecule has 4 aromatic carbocycles. The lowest BCUT2D eigenvalue weighted by Gasteiger charge is -2.28. The summed E-state index contributed by atoms with van der Waals surface area (Å²) in [5, 5.41) is 0. The normalized spacial score (nSPS) is 17.3. The largest absolute Gasteiger partial charge is 0.330 e. The van der Waals surface area contributed by atoms with Crippen molar-refractivity contribution in [3.05, 3.63) is 124 Å². The molecule has 0 radical (unpaired) electrons. The van der Waals surface area contributed by atoms with Crippen LogP contribution < -0.4 is 5.73 Å². The minimum Gasteiger partial charge on any atom is -0.330 e. The van der Waals surface area contributed by atoms with Crippen LogP contribution in [0.3, 0.4) is 0 Å². The van der Waals surface area contributed by atoms with Crippen LogP contribution in [0.1, 0.15) is 100 Å². The van der Waals surface area contributed by atoms with Crippen LogP contribution in [-0.2, 0) is 20.4 Å². The molecule has 2 N–H and O–H groups in total. The number of hydrogen-bond acceptors (Lipinski definition) is 3. The molecule has 8 heteroatoms. The molecule has 0 saturated carbocycles. The van der Waals surface area contributed by atoms with Gasteiger partial charge in [0.2, 0.25) is 0 Å². The van der Waals surface area contributed by atoms with Gasteiger partial charge in [0.15, 0.2) is 0 Å². The third-order valence-corrected chi connectivity index (χ3v) is 13.8. The Labute approximate surface area is 341 Å². The summed E-state index contributed by atoms with van der Waals surface area (Å²) < 4.78 is 4.49. The summed E-state index contributed by atoms with van der Waals surface area (Å²) >= 11 is 14.6. The number of fused-ring (bicyclic) bond motifs is 6. The average molecular weight is 952 g/mol. The first kappa shape index (κ1) is 37.9. The van der Waals surface area contributed by atoms with Gasteiger partial charge >= 0.3 is 0 Å². The Morgan fingerprint density at radius 2 is 0.904 bits per heavy atom. The van der Waals surface area contributed by atoms with Crippen LogP contribution in [0.2, 0.25) is 0 Å². The summed E-state index contributed by atoms with van der Waals surface area (Å²) in [5.74, 6) is -0.0642. The Hall–Kier alpha value is -2.36. The van der Waals surface area contributed by atoms with Gasteiger partial charge in [-0.3, -0.25) is 14.5 Å². The number of imide groups is 1. The highest BCUT2D eigenvalue weighted by Crippen LogP contribution is 2.54. The Balaban J connectivity index is 0.000000175. The summed E-state index contributed by atoms with van der Waals surface area (Å²) in [7, 11) is 0. The van der Waals surface area contributed by atoms with Crippen LogP contribution in [0, 0.1) is 0 Å². The van der Waals surface area contributed by atoms with E-state index in [4.69, 9.17) is 5.73 Å². The predicted molar refractivity (Wildman–Crippen MR) is 226 cm³/mol. The number of unbranched alkanes of at least 4 members (excludes halogenated alkanes) is 2. The molecule has 4 aromatic rings. The van der Waals surface area contributed by atoms with E-state index in [1.54, 1.807) is 0 Å². The molecular weight excluding hydrogens is 908 g/mol. The monoisotopic (exact) mass is 948 g/mol. The first-order valence-corrected chi connectivity index (χ1v) is 21.6. The average Bonchev–Trinajstić information content (AvgIpc) is 3.62. The number of nitrogens with zero attached hydrogens (tertiary/aromatic N) is 1. The molecule has 0 atom stereocenters.